The number of aryl methyl sites for hydroxylation is 1. The minimum absolute atomic E-state index is 0.0646. The number of carbonyl (C=O) groups is 1. The van der Waals surface area contributed by atoms with Gasteiger partial charge in [0.05, 0.1) is 6.10 Å². The van der Waals surface area contributed by atoms with Gasteiger partial charge in [0.2, 0.25) is 0 Å². The fraction of sp³-hybridized carbons (Fsp3) is 0.389. The molecule has 1 aliphatic rings. The number of benzene rings is 1. The summed E-state index contributed by atoms with van der Waals surface area (Å²) < 4.78 is 5.52. The molecule has 126 valence electrons. The third kappa shape index (κ3) is 4.52. The molecule has 1 aromatic heterocycles. The van der Waals surface area contributed by atoms with E-state index >= 15 is 0 Å². The van der Waals surface area contributed by atoms with Crippen molar-refractivity contribution < 1.29 is 9.53 Å². The lowest BCUT2D eigenvalue weighted by Crippen LogP contribution is -2.31. The van der Waals surface area contributed by atoms with Gasteiger partial charge in [0.1, 0.15) is 12.1 Å². The standard InChI is InChI=1S/C18H22N4O2/c1-13-8-17(22-12-21-13)19-10-14-4-2-5-15(9-14)18(23)20-11-16-6-3-7-24-16/h2,4-5,8-9,12,16H,3,6-7,10-11H2,1H3,(H,20,23)(H,19,21,22). The monoisotopic (exact) mass is 326 g/mol. The number of ether oxygens (including phenoxy) is 1. The van der Waals surface area contributed by atoms with Crippen LogP contribution < -0.4 is 10.6 Å². The summed E-state index contributed by atoms with van der Waals surface area (Å²) in [5.74, 6) is 0.709. The molecule has 2 N–H and O–H groups in total. The number of aromatic nitrogens is 2. The molecule has 1 saturated heterocycles. The van der Waals surface area contributed by atoms with E-state index in [0.717, 1.165) is 36.5 Å². The third-order valence-electron chi connectivity index (χ3n) is 3.98. The smallest absolute Gasteiger partial charge is 0.251 e. The lowest BCUT2D eigenvalue weighted by atomic mass is 10.1. The van der Waals surface area contributed by atoms with Crippen molar-refractivity contribution in [2.75, 3.05) is 18.5 Å². The Hall–Kier alpha value is -2.47. The van der Waals surface area contributed by atoms with E-state index in [2.05, 4.69) is 20.6 Å². The van der Waals surface area contributed by atoms with Crippen molar-refractivity contribution in [3.8, 4) is 0 Å². The summed E-state index contributed by atoms with van der Waals surface area (Å²) in [5.41, 5.74) is 2.59. The number of rotatable bonds is 6. The SMILES string of the molecule is Cc1cc(NCc2cccc(C(=O)NCC3CCCO3)c2)ncn1. The molecule has 2 aromatic rings. The summed E-state index contributed by atoms with van der Waals surface area (Å²) in [6.07, 6.45) is 3.78. The maximum Gasteiger partial charge on any atom is 0.251 e. The second-order valence-corrected chi connectivity index (χ2v) is 5.94. The molecule has 0 radical (unpaired) electrons. The number of nitrogens with one attached hydrogen (secondary N) is 2. The van der Waals surface area contributed by atoms with Crippen LogP contribution >= 0.6 is 0 Å². The summed E-state index contributed by atoms with van der Waals surface area (Å²) in [6, 6.07) is 9.48. The van der Waals surface area contributed by atoms with Gasteiger partial charge in [-0.15, -0.1) is 0 Å². The van der Waals surface area contributed by atoms with Crippen LogP contribution in [0, 0.1) is 6.92 Å². The number of amides is 1. The highest BCUT2D eigenvalue weighted by atomic mass is 16.5. The maximum atomic E-state index is 12.3. The van der Waals surface area contributed by atoms with Gasteiger partial charge in [0.25, 0.3) is 5.91 Å². The highest BCUT2D eigenvalue weighted by Crippen LogP contribution is 2.12. The Labute approximate surface area is 141 Å². The zero-order valence-electron chi connectivity index (χ0n) is 13.8. The zero-order chi connectivity index (χ0) is 16.8. The molecule has 1 amide bonds. The molecular weight excluding hydrogens is 304 g/mol. The predicted molar refractivity (Wildman–Crippen MR) is 91.8 cm³/mol. The van der Waals surface area contributed by atoms with Gasteiger partial charge in [0, 0.05) is 37.0 Å². The first-order chi connectivity index (χ1) is 11.7. The van der Waals surface area contributed by atoms with Crippen LogP contribution in [0.5, 0.6) is 0 Å². The molecule has 24 heavy (non-hydrogen) atoms. The van der Waals surface area contributed by atoms with E-state index in [1.807, 2.05) is 37.3 Å². The molecule has 1 fully saturated rings. The highest BCUT2D eigenvalue weighted by molar-refractivity contribution is 5.94. The number of carbonyl (C=O) groups excluding carboxylic acids is 1. The maximum absolute atomic E-state index is 12.3. The minimum Gasteiger partial charge on any atom is -0.376 e. The molecular formula is C18H22N4O2. The average molecular weight is 326 g/mol. The Morgan fingerprint density at radius 1 is 1.33 bits per heavy atom. The van der Waals surface area contributed by atoms with Crippen LogP contribution in [0.15, 0.2) is 36.7 Å². The van der Waals surface area contributed by atoms with Crippen molar-refractivity contribution >= 4 is 11.7 Å². The average Bonchev–Trinajstić information content (AvgIpc) is 3.12. The number of nitrogens with zero attached hydrogens (tertiary/aromatic N) is 2. The summed E-state index contributed by atoms with van der Waals surface area (Å²) in [6.45, 7) is 3.89. The Morgan fingerprint density at radius 2 is 2.25 bits per heavy atom. The number of hydrogen-bond donors (Lipinski definition) is 2. The van der Waals surface area contributed by atoms with Gasteiger partial charge in [-0.1, -0.05) is 12.1 Å². The van der Waals surface area contributed by atoms with E-state index in [0.29, 0.717) is 18.7 Å². The summed E-state index contributed by atoms with van der Waals surface area (Å²) in [7, 11) is 0. The van der Waals surface area contributed by atoms with E-state index in [9.17, 15) is 4.79 Å². The van der Waals surface area contributed by atoms with Crippen molar-refractivity contribution in [3.63, 3.8) is 0 Å². The molecule has 2 heterocycles. The van der Waals surface area contributed by atoms with Crippen LogP contribution in [0.4, 0.5) is 5.82 Å². The first-order valence-electron chi connectivity index (χ1n) is 8.22. The van der Waals surface area contributed by atoms with Gasteiger partial charge in [-0.3, -0.25) is 4.79 Å². The Kier molecular flexibility index (Phi) is 5.38. The first-order valence-corrected chi connectivity index (χ1v) is 8.22. The van der Waals surface area contributed by atoms with Crippen molar-refractivity contribution in [3.05, 3.63) is 53.5 Å². The molecule has 1 atom stereocenters. The highest BCUT2D eigenvalue weighted by Gasteiger charge is 2.16. The molecule has 0 spiro atoms. The van der Waals surface area contributed by atoms with Crippen molar-refractivity contribution in [2.45, 2.75) is 32.4 Å². The molecule has 1 unspecified atom stereocenters. The van der Waals surface area contributed by atoms with E-state index < -0.39 is 0 Å². The van der Waals surface area contributed by atoms with Crippen LogP contribution in [0.3, 0.4) is 0 Å². The fourth-order valence-electron chi connectivity index (χ4n) is 2.68. The molecule has 0 aliphatic carbocycles. The van der Waals surface area contributed by atoms with Crippen molar-refractivity contribution in [1.29, 1.82) is 0 Å². The Morgan fingerprint density at radius 3 is 3.04 bits per heavy atom. The lowest BCUT2D eigenvalue weighted by Gasteiger charge is -2.11. The third-order valence-corrected chi connectivity index (χ3v) is 3.98. The van der Waals surface area contributed by atoms with Gasteiger partial charge in [0.15, 0.2) is 0 Å². The molecule has 0 saturated carbocycles. The molecule has 6 heteroatoms. The van der Waals surface area contributed by atoms with Crippen molar-refractivity contribution in [2.24, 2.45) is 0 Å². The lowest BCUT2D eigenvalue weighted by molar-refractivity contribution is 0.0857. The largest absolute Gasteiger partial charge is 0.376 e. The first kappa shape index (κ1) is 16.4. The summed E-state index contributed by atoms with van der Waals surface area (Å²) >= 11 is 0. The predicted octanol–water partition coefficient (Wildman–Crippen LogP) is 2.31. The van der Waals surface area contributed by atoms with Gasteiger partial charge in [-0.25, -0.2) is 9.97 Å². The van der Waals surface area contributed by atoms with E-state index in [-0.39, 0.29) is 12.0 Å². The van der Waals surface area contributed by atoms with Gasteiger partial charge >= 0.3 is 0 Å². The zero-order valence-corrected chi connectivity index (χ0v) is 13.8. The van der Waals surface area contributed by atoms with Crippen LogP contribution in [0.2, 0.25) is 0 Å². The second-order valence-electron chi connectivity index (χ2n) is 5.94. The van der Waals surface area contributed by atoms with Gasteiger partial charge in [-0.2, -0.15) is 0 Å². The van der Waals surface area contributed by atoms with E-state index in [1.54, 1.807) is 0 Å². The van der Waals surface area contributed by atoms with Crippen LogP contribution in [0.25, 0.3) is 0 Å². The number of hydrogen-bond acceptors (Lipinski definition) is 5. The van der Waals surface area contributed by atoms with E-state index in [4.69, 9.17) is 4.74 Å². The minimum atomic E-state index is -0.0646. The molecule has 6 nitrogen and oxygen atoms in total. The number of anilines is 1. The summed E-state index contributed by atoms with van der Waals surface area (Å²) in [5, 5.41) is 6.19. The summed E-state index contributed by atoms with van der Waals surface area (Å²) in [4.78, 5) is 20.5. The fourth-order valence-corrected chi connectivity index (χ4v) is 2.68. The molecule has 3 rings (SSSR count). The quantitative estimate of drug-likeness (QED) is 0.852. The van der Waals surface area contributed by atoms with Crippen molar-refractivity contribution in [1.82, 2.24) is 15.3 Å². The van der Waals surface area contributed by atoms with Gasteiger partial charge in [-0.05, 0) is 37.5 Å². The van der Waals surface area contributed by atoms with E-state index in [1.165, 1.54) is 6.33 Å². The Bertz CT molecular complexity index is 699. The second kappa shape index (κ2) is 7.88. The molecule has 1 aliphatic heterocycles. The normalized spacial score (nSPS) is 16.8. The molecule has 0 bridgehead atoms. The topological polar surface area (TPSA) is 76.1 Å². The van der Waals surface area contributed by atoms with Gasteiger partial charge < -0.3 is 15.4 Å². The van der Waals surface area contributed by atoms with Crippen LogP contribution in [0.1, 0.15) is 34.5 Å². The van der Waals surface area contributed by atoms with Crippen LogP contribution in [-0.4, -0.2) is 35.1 Å². The Balaban J connectivity index is 1.55. The molecule has 1 aromatic carbocycles. The van der Waals surface area contributed by atoms with Crippen LogP contribution in [-0.2, 0) is 11.3 Å².